The lowest BCUT2D eigenvalue weighted by atomic mass is 9.68. The summed E-state index contributed by atoms with van der Waals surface area (Å²) in [4.78, 5) is 13.6. The second-order valence-corrected chi connectivity index (χ2v) is 8.16. The molecule has 2 aliphatic heterocycles. The van der Waals surface area contributed by atoms with Crippen molar-refractivity contribution in [2.45, 2.75) is 45.1 Å². The summed E-state index contributed by atoms with van der Waals surface area (Å²) in [5.74, 6) is 2.62. The van der Waals surface area contributed by atoms with Gasteiger partial charge in [-0.3, -0.25) is 4.79 Å². The van der Waals surface area contributed by atoms with Crippen LogP contribution in [0.25, 0.3) is 0 Å². The van der Waals surface area contributed by atoms with Gasteiger partial charge in [0, 0.05) is 30.9 Å². The molecule has 5 heteroatoms. The first-order valence-corrected chi connectivity index (χ1v) is 9.43. The zero-order valence-corrected chi connectivity index (χ0v) is 14.9. The number of hydrogen-bond acceptors (Lipinski definition) is 2. The van der Waals surface area contributed by atoms with Crippen LogP contribution in [0.4, 0.5) is 11.4 Å². The summed E-state index contributed by atoms with van der Waals surface area (Å²) in [6.45, 7) is 2.64. The molecule has 128 valence electrons. The van der Waals surface area contributed by atoms with Gasteiger partial charge in [-0.2, -0.15) is 0 Å². The maximum absolute atomic E-state index is 11.1. The van der Waals surface area contributed by atoms with Crippen LogP contribution in [0.3, 0.4) is 0 Å². The lowest BCUT2D eigenvalue weighted by molar-refractivity contribution is -0.114. The van der Waals surface area contributed by atoms with E-state index < -0.39 is 0 Å². The zero-order valence-electron chi connectivity index (χ0n) is 14.1. The van der Waals surface area contributed by atoms with Crippen molar-refractivity contribution in [3.8, 4) is 0 Å². The maximum atomic E-state index is 11.1. The average Bonchev–Trinajstić information content (AvgIpc) is 2.72. The number of rotatable bonds is 2. The number of nitrogens with one attached hydrogen (secondary N) is 2. The SMILES string of the molecule is CC(=O)Nc1ccc(NC(=S)N2CC3CC4CC(C3)CC2C4)cc1. The molecule has 0 radical (unpaired) electrons. The van der Waals surface area contributed by atoms with Crippen LogP contribution < -0.4 is 10.6 Å². The van der Waals surface area contributed by atoms with Crippen LogP contribution >= 0.6 is 12.2 Å². The number of carbonyl (C=O) groups is 1. The Balaban J connectivity index is 1.43. The third kappa shape index (κ3) is 3.27. The first kappa shape index (κ1) is 15.9. The third-order valence-electron chi connectivity index (χ3n) is 5.82. The number of benzene rings is 1. The molecular weight excluding hydrogens is 318 g/mol. The highest BCUT2D eigenvalue weighted by molar-refractivity contribution is 7.80. The van der Waals surface area contributed by atoms with Gasteiger partial charge in [0.25, 0.3) is 0 Å². The Hall–Kier alpha value is -1.62. The fourth-order valence-corrected chi connectivity index (χ4v) is 5.41. The quantitative estimate of drug-likeness (QED) is 0.801. The molecule has 4 nitrogen and oxygen atoms in total. The smallest absolute Gasteiger partial charge is 0.221 e. The molecule has 2 N–H and O–H groups in total. The predicted octanol–water partition coefficient (Wildman–Crippen LogP) is 3.85. The molecule has 5 rings (SSSR count). The summed E-state index contributed by atoms with van der Waals surface area (Å²) in [7, 11) is 0. The van der Waals surface area contributed by atoms with Crippen LogP contribution in [0.1, 0.15) is 39.0 Å². The van der Waals surface area contributed by atoms with Crippen molar-refractivity contribution in [2.24, 2.45) is 17.8 Å². The lowest BCUT2D eigenvalue weighted by Crippen LogP contribution is -2.44. The average molecular weight is 343 g/mol. The van der Waals surface area contributed by atoms with E-state index in [4.69, 9.17) is 12.2 Å². The van der Waals surface area contributed by atoms with Crippen LogP contribution in [-0.4, -0.2) is 28.5 Å². The Morgan fingerprint density at radius 3 is 2.08 bits per heavy atom. The number of amides is 1. The number of fused-ring (bicyclic) bond motifs is 1. The number of thiocarbonyl (C=S) groups is 1. The molecule has 2 heterocycles. The molecule has 2 unspecified atom stereocenters. The maximum Gasteiger partial charge on any atom is 0.221 e. The lowest BCUT2D eigenvalue weighted by Gasteiger charge is -2.39. The Bertz CT molecular complexity index is 631. The van der Waals surface area contributed by atoms with Crippen LogP contribution in [0.5, 0.6) is 0 Å². The standard InChI is InChI=1S/C19H25N3OS/c1-12(23)20-16-2-4-17(5-3-16)21-19(24)22-11-15-7-13-6-14(8-15)10-18(22)9-13/h2-5,13-15,18H,6-11H2,1H3,(H,20,23)(H,21,24). The number of nitrogens with zero attached hydrogens (tertiary/aromatic N) is 1. The van der Waals surface area contributed by atoms with Gasteiger partial charge in [0.05, 0.1) is 0 Å². The summed E-state index contributed by atoms with van der Waals surface area (Å²) in [6, 6.07) is 8.38. The molecule has 0 spiro atoms. The van der Waals surface area contributed by atoms with Crippen molar-refractivity contribution >= 4 is 34.6 Å². The van der Waals surface area contributed by atoms with Gasteiger partial charge in [0.1, 0.15) is 0 Å². The Kier molecular flexibility index (Phi) is 4.21. The van der Waals surface area contributed by atoms with Crippen LogP contribution in [-0.2, 0) is 4.79 Å². The van der Waals surface area contributed by atoms with E-state index in [1.165, 1.54) is 39.0 Å². The van der Waals surface area contributed by atoms with E-state index in [2.05, 4.69) is 15.5 Å². The fourth-order valence-electron chi connectivity index (χ4n) is 5.07. The highest BCUT2D eigenvalue weighted by Gasteiger charge is 2.43. The molecule has 4 fully saturated rings. The van der Waals surface area contributed by atoms with Crippen molar-refractivity contribution in [2.75, 3.05) is 17.2 Å². The first-order chi connectivity index (χ1) is 11.6. The normalized spacial score (nSPS) is 30.8. The molecule has 24 heavy (non-hydrogen) atoms. The molecular formula is C19H25N3OS. The first-order valence-electron chi connectivity index (χ1n) is 9.02. The van der Waals surface area contributed by atoms with Gasteiger partial charge in [-0.15, -0.1) is 0 Å². The van der Waals surface area contributed by atoms with Crippen LogP contribution in [0.2, 0.25) is 0 Å². The Labute approximate surface area is 149 Å². The molecule has 0 aromatic heterocycles. The monoisotopic (exact) mass is 343 g/mol. The minimum Gasteiger partial charge on any atom is -0.346 e. The summed E-state index contributed by atoms with van der Waals surface area (Å²) in [6.07, 6.45) is 6.88. The summed E-state index contributed by atoms with van der Waals surface area (Å²) in [5.41, 5.74) is 1.79. The molecule has 4 aliphatic rings. The summed E-state index contributed by atoms with van der Waals surface area (Å²) >= 11 is 5.74. The molecule has 4 bridgehead atoms. The van der Waals surface area contributed by atoms with Gasteiger partial charge < -0.3 is 15.5 Å². The van der Waals surface area contributed by atoms with Gasteiger partial charge in [0.2, 0.25) is 5.91 Å². The minimum absolute atomic E-state index is 0.0540. The minimum atomic E-state index is -0.0540. The molecule has 2 atom stereocenters. The molecule has 2 aliphatic carbocycles. The largest absolute Gasteiger partial charge is 0.346 e. The Morgan fingerprint density at radius 1 is 0.958 bits per heavy atom. The predicted molar refractivity (Wildman–Crippen MR) is 101 cm³/mol. The second-order valence-electron chi connectivity index (χ2n) is 7.77. The molecule has 2 saturated heterocycles. The third-order valence-corrected chi connectivity index (χ3v) is 6.16. The topological polar surface area (TPSA) is 44.4 Å². The van der Waals surface area contributed by atoms with Gasteiger partial charge in [-0.1, -0.05) is 0 Å². The van der Waals surface area contributed by atoms with Gasteiger partial charge in [0.15, 0.2) is 5.11 Å². The zero-order chi connectivity index (χ0) is 16.7. The summed E-state index contributed by atoms with van der Waals surface area (Å²) in [5, 5.41) is 7.06. The number of hydrogen-bond donors (Lipinski definition) is 2. The van der Waals surface area contributed by atoms with Gasteiger partial charge in [-0.25, -0.2) is 0 Å². The van der Waals surface area contributed by atoms with Gasteiger partial charge in [-0.05, 0) is 86.3 Å². The van der Waals surface area contributed by atoms with E-state index in [1.807, 2.05) is 24.3 Å². The molecule has 1 amide bonds. The van der Waals surface area contributed by atoms with Crippen molar-refractivity contribution < 1.29 is 4.79 Å². The fraction of sp³-hybridized carbons (Fsp3) is 0.579. The molecule has 2 saturated carbocycles. The second kappa shape index (κ2) is 6.36. The van der Waals surface area contributed by atoms with Crippen LogP contribution in [0.15, 0.2) is 24.3 Å². The van der Waals surface area contributed by atoms with E-state index in [9.17, 15) is 4.79 Å². The van der Waals surface area contributed by atoms with E-state index in [-0.39, 0.29) is 5.91 Å². The van der Waals surface area contributed by atoms with E-state index in [1.54, 1.807) is 0 Å². The van der Waals surface area contributed by atoms with Crippen molar-refractivity contribution in [1.29, 1.82) is 0 Å². The molecule has 1 aromatic carbocycles. The van der Waals surface area contributed by atoms with Crippen molar-refractivity contribution in [3.05, 3.63) is 24.3 Å². The number of anilines is 2. The van der Waals surface area contributed by atoms with Crippen LogP contribution in [0, 0.1) is 17.8 Å². The van der Waals surface area contributed by atoms with Gasteiger partial charge >= 0.3 is 0 Å². The van der Waals surface area contributed by atoms with E-state index >= 15 is 0 Å². The molecule has 1 aromatic rings. The van der Waals surface area contributed by atoms with E-state index in [0.717, 1.165) is 40.8 Å². The summed E-state index contributed by atoms with van der Waals surface area (Å²) < 4.78 is 0. The van der Waals surface area contributed by atoms with E-state index in [0.29, 0.717) is 6.04 Å². The van der Waals surface area contributed by atoms with Crippen molar-refractivity contribution in [3.63, 3.8) is 0 Å². The Morgan fingerprint density at radius 2 is 1.50 bits per heavy atom. The number of carbonyl (C=O) groups excluding carboxylic acids is 1. The van der Waals surface area contributed by atoms with Crippen molar-refractivity contribution in [1.82, 2.24) is 4.90 Å². The highest BCUT2D eigenvalue weighted by Crippen LogP contribution is 2.47. The highest BCUT2D eigenvalue weighted by atomic mass is 32.1.